The third kappa shape index (κ3) is 3.42. The Labute approximate surface area is 133 Å². The van der Waals surface area contributed by atoms with Gasteiger partial charge in [-0.15, -0.1) is 11.8 Å². The molecule has 2 amide bonds. The Hall–Kier alpha value is -1.59. The molecule has 0 bridgehead atoms. The van der Waals surface area contributed by atoms with E-state index in [9.17, 15) is 14.4 Å². The van der Waals surface area contributed by atoms with Crippen molar-refractivity contribution in [3.63, 3.8) is 0 Å². The van der Waals surface area contributed by atoms with Gasteiger partial charge < -0.3 is 25.4 Å². The highest BCUT2D eigenvalue weighted by Crippen LogP contribution is 2.53. The first-order valence-electron chi connectivity index (χ1n) is 6.26. The molecule has 0 saturated carbocycles. The van der Waals surface area contributed by atoms with Gasteiger partial charge in [-0.25, -0.2) is 9.59 Å². The summed E-state index contributed by atoms with van der Waals surface area (Å²) in [6, 6.07) is 0. The summed E-state index contributed by atoms with van der Waals surface area (Å²) in [5.74, 6) is -0.308. The van der Waals surface area contributed by atoms with Crippen molar-refractivity contribution in [2.45, 2.75) is 11.8 Å². The highest BCUT2D eigenvalue weighted by atomic mass is 32.2. The van der Waals surface area contributed by atoms with Crippen LogP contribution in [0.3, 0.4) is 0 Å². The lowest BCUT2D eigenvalue weighted by atomic mass is 9.95. The molecule has 2 heterocycles. The lowest BCUT2D eigenvalue weighted by Crippen LogP contribution is -2.56. The summed E-state index contributed by atoms with van der Waals surface area (Å²) >= 11 is 2.51. The molecule has 0 aliphatic carbocycles. The van der Waals surface area contributed by atoms with E-state index in [-0.39, 0.29) is 36.3 Å². The average molecular weight is 350 g/mol. The van der Waals surface area contributed by atoms with Crippen LogP contribution in [0.25, 0.3) is 0 Å². The van der Waals surface area contributed by atoms with Crippen molar-refractivity contribution in [3.8, 4) is 0 Å². The number of thioether (sulfide) groups is 2. The van der Waals surface area contributed by atoms with Crippen molar-refractivity contribution in [1.82, 2.24) is 4.90 Å². The predicted molar refractivity (Wildman–Crippen MR) is 77.5 cm³/mol. The van der Waals surface area contributed by atoms with Crippen LogP contribution in [0.15, 0.2) is 10.1 Å². The largest absolute Gasteiger partial charge is 0.512 e. The number of fused-ring (bicyclic) bond motifs is 1. The molecule has 0 spiro atoms. The smallest absolute Gasteiger partial charge is 0.449 e. The van der Waals surface area contributed by atoms with Crippen LogP contribution in [0.4, 0.5) is 9.59 Å². The van der Waals surface area contributed by atoms with Crippen LogP contribution < -0.4 is 5.73 Å². The average Bonchev–Trinajstić information content (AvgIpc) is 2.74. The topological polar surface area (TPSA) is 139 Å². The molecule has 0 aromatic rings. The van der Waals surface area contributed by atoms with Crippen LogP contribution in [0, 0.1) is 5.92 Å². The van der Waals surface area contributed by atoms with Gasteiger partial charge in [0.1, 0.15) is 16.2 Å². The number of ether oxygens (including phenoxy) is 2. The second-order valence-electron chi connectivity index (χ2n) is 4.31. The van der Waals surface area contributed by atoms with Crippen molar-refractivity contribution in [3.05, 3.63) is 10.1 Å². The molecule has 9 nitrogen and oxygen atoms in total. The van der Waals surface area contributed by atoms with Crippen molar-refractivity contribution >= 4 is 41.7 Å². The number of β-lactam (4-membered cyclic amide) rings is 1. The number of hydrogen-bond donors (Lipinski definition) is 3. The summed E-state index contributed by atoms with van der Waals surface area (Å²) in [6.45, 7) is -0.0611. The zero-order valence-electron chi connectivity index (χ0n) is 11.3. The minimum atomic E-state index is -1.51. The Morgan fingerprint density at radius 1 is 1.45 bits per heavy atom. The minimum absolute atomic E-state index is 0.0224. The highest BCUT2D eigenvalue weighted by Gasteiger charge is 2.55. The van der Waals surface area contributed by atoms with Gasteiger partial charge in [0.2, 0.25) is 11.8 Å². The van der Waals surface area contributed by atoms with E-state index in [0.29, 0.717) is 16.4 Å². The monoisotopic (exact) mass is 350 g/mol. The highest BCUT2D eigenvalue weighted by molar-refractivity contribution is 8.22. The van der Waals surface area contributed by atoms with Crippen LogP contribution in [-0.2, 0) is 14.3 Å². The zero-order chi connectivity index (χ0) is 16.3. The summed E-state index contributed by atoms with van der Waals surface area (Å²) in [5, 5.41) is 17.5. The van der Waals surface area contributed by atoms with Gasteiger partial charge in [-0.1, -0.05) is 11.8 Å². The number of amides is 2. The fraction of sp³-hybridized carbons (Fsp3) is 0.545. The quantitative estimate of drug-likeness (QED) is 0.341. The number of nitrogens with zero attached hydrogens (tertiary/aromatic N) is 1. The van der Waals surface area contributed by atoms with Crippen LogP contribution >= 0.6 is 23.5 Å². The van der Waals surface area contributed by atoms with E-state index in [1.165, 1.54) is 28.4 Å². The maximum absolute atomic E-state index is 12.0. The molecule has 1 saturated heterocycles. The van der Waals surface area contributed by atoms with Gasteiger partial charge in [0.05, 0.1) is 5.92 Å². The van der Waals surface area contributed by atoms with E-state index in [1.807, 2.05) is 0 Å². The van der Waals surface area contributed by atoms with E-state index in [4.69, 9.17) is 20.7 Å². The second kappa shape index (κ2) is 7.11. The third-order valence-corrected chi connectivity index (χ3v) is 5.58. The summed E-state index contributed by atoms with van der Waals surface area (Å²) < 4.78 is 9.80. The number of aliphatic hydroxyl groups is 1. The maximum Gasteiger partial charge on any atom is 0.512 e. The number of nitrogens with two attached hydrogens (primary N) is 1. The van der Waals surface area contributed by atoms with E-state index >= 15 is 0 Å². The Kier molecular flexibility index (Phi) is 5.42. The normalized spacial score (nSPS) is 23.1. The molecular formula is C11H14N2O7S2. The number of carbonyl (C=O) groups excluding carboxylic acids is 2. The van der Waals surface area contributed by atoms with Crippen LogP contribution in [0.5, 0.6) is 0 Å². The molecule has 1 fully saturated rings. The Balaban J connectivity index is 2.01. The molecule has 22 heavy (non-hydrogen) atoms. The van der Waals surface area contributed by atoms with Gasteiger partial charge in [0.25, 0.3) is 0 Å². The molecule has 0 unspecified atom stereocenters. The first-order valence-corrected chi connectivity index (χ1v) is 8.13. The molecule has 0 aromatic heterocycles. The van der Waals surface area contributed by atoms with E-state index in [1.54, 1.807) is 0 Å². The van der Waals surface area contributed by atoms with Crippen molar-refractivity contribution in [2.75, 3.05) is 19.0 Å². The lowest BCUT2D eigenvalue weighted by molar-refractivity contribution is -0.150. The number of aliphatic hydroxyl groups excluding tert-OH is 1. The number of hydrogen-bond acceptors (Lipinski definition) is 8. The van der Waals surface area contributed by atoms with Crippen molar-refractivity contribution < 1.29 is 34.1 Å². The van der Waals surface area contributed by atoms with E-state index in [2.05, 4.69) is 4.74 Å². The molecule has 2 rings (SSSR count). The number of carbonyl (C=O) groups is 3. The van der Waals surface area contributed by atoms with E-state index < -0.39 is 12.2 Å². The standard InChI is InChI=1S/C11H14N2O7S2/c12-10(16)19-3-4-21-9-7(20-11(17)18)13-6(15)5(1-2-14)8(13)22-9/h5,8,14H,1-4H2,(H2,12,16)(H,17,18)/t5-,8+/m0/s1. The first-order chi connectivity index (χ1) is 10.5. The van der Waals surface area contributed by atoms with Gasteiger partial charge in [0.15, 0.2) is 0 Å². The zero-order valence-corrected chi connectivity index (χ0v) is 12.9. The first kappa shape index (κ1) is 16.8. The van der Waals surface area contributed by atoms with Gasteiger partial charge in [0, 0.05) is 12.4 Å². The van der Waals surface area contributed by atoms with Crippen LogP contribution in [0.2, 0.25) is 0 Å². The Morgan fingerprint density at radius 2 is 2.18 bits per heavy atom. The molecule has 11 heteroatoms. The van der Waals surface area contributed by atoms with Gasteiger partial charge in [-0.3, -0.25) is 9.69 Å². The third-order valence-electron chi connectivity index (χ3n) is 2.96. The molecule has 0 aromatic carbocycles. The summed E-state index contributed by atoms with van der Waals surface area (Å²) in [4.78, 5) is 34.5. The van der Waals surface area contributed by atoms with Crippen LogP contribution in [0.1, 0.15) is 6.42 Å². The summed E-state index contributed by atoms with van der Waals surface area (Å²) in [5.41, 5.74) is 4.84. The summed E-state index contributed by atoms with van der Waals surface area (Å²) in [7, 11) is 0. The van der Waals surface area contributed by atoms with Crippen molar-refractivity contribution in [2.24, 2.45) is 11.7 Å². The van der Waals surface area contributed by atoms with Crippen LogP contribution in [-0.4, -0.2) is 57.6 Å². The van der Waals surface area contributed by atoms with E-state index in [0.717, 1.165) is 0 Å². The molecule has 2 aliphatic rings. The number of primary amides is 1. The van der Waals surface area contributed by atoms with Gasteiger partial charge in [-0.05, 0) is 6.42 Å². The SMILES string of the molecule is NC(=O)OCCSC1=C(OC(=O)O)N2C(=O)[C@H](CCO)[C@H]2S1. The maximum atomic E-state index is 12.0. The molecule has 2 atom stereocenters. The molecule has 2 aliphatic heterocycles. The Bertz CT molecular complexity index is 525. The molecule has 0 radical (unpaired) electrons. The van der Waals surface area contributed by atoms with Gasteiger partial charge >= 0.3 is 12.2 Å². The number of carboxylic acid groups (broad SMARTS) is 1. The van der Waals surface area contributed by atoms with Crippen molar-refractivity contribution in [1.29, 1.82) is 0 Å². The predicted octanol–water partition coefficient (Wildman–Crippen LogP) is 0.550. The molecule has 122 valence electrons. The molecule has 4 N–H and O–H groups in total. The lowest BCUT2D eigenvalue weighted by Gasteiger charge is -2.41. The fourth-order valence-corrected chi connectivity index (χ4v) is 4.70. The summed E-state index contributed by atoms with van der Waals surface area (Å²) in [6.07, 6.45) is -2.09. The number of rotatable bonds is 7. The minimum Gasteiger partial charge on any atom is -0.449 e. The van der Waals surface area contributed by atoms with Gasteiger partial charge in [-0.2, -0.15) is 0 Å². The second-order valence-corrected chi connectivity index (χ2v) is 6.80. The Morgan fingerprint density at radius 3 is 2.77 bits per heavy atom. The molecular weight excluding hydrogens is 336 g/mol. The fourth-order valence-electron chi connectivity index (χ4n) is 2.08.